The lowest BCUT2D eigenvalue weighted by molar-refractivity contribution is 0.0594. The van der Waals surface area contributed by atoms with E-state index in [2.05, 4.69) is 20.0 Å². The predicted octanol–water partition coefficient (Wildman–Crippen LogP) is 2.97. The number of esters is 1. The minimum Gasteiger partial charge on any atom is -0.465 e. The van der Waals surface area contributed by atoms with Crippen molar-refractivity contribution in [1.29, 1.82) is 0 Å². The summed E-state index contributed by atoms with van der Waals surface area (Å²) < 4.78 is 33.3. The van der Waals surface area contributed by atoms with Gasteiger partial charge in [-0.3, -0.25) is 0 Å². The zero-order valence-corrected chi connectivity index (χ0v) is 13.7. The van der Waals surface area contributed by atoms with Crippen molar-refractivity contribution in [3.63, 3.8) is 0 Å². The first-order valence-corrected chi connectivity index (χ1v) is 7.98. The summed E-state index contributed by atoms with van der Waals surface area (Å²) in [6, 6.07) is 4.34. The second-order valence-corrected chi connectivity index (χ2v) is 5.67. The van der Waals surface area contributed by atoms with Gasteiger partial charge in [-0.25, -0.2) is 23.5 Å². The van der Waals surface area contributed by atoms with E-state index in [-0.39, 0.29) is 11.9 Å². The number of anilines is 2. The maximum atomic E-state index is 14.6. The summed E-state index contributed by atoms with van der Waals surface area (Å²) in [7, 11) is 1.12. The van der Waals surface area contributed by atoms with Gasteiger partial charge in [-0.15, -0.1) is 0 Å². The Balaban J connectivity index is 1.90. The van der Waals surface area contributed by atoms with Gasteiger partial charge in [0.15, 0.2) is 11.6 Å². The number of methoxy groups -OCH3 is 1. The number of nitrogens with one attached hydrogen (secondary N) is 1. The van der Waals surface area contributed by atoms with Crippen LogP contribution in [0.3, 0.4) is 0 Å². The number of carbonyl (C=O) groups is 1. The highest BCUT2D eigenvalue weighted by Crippen LogP contribution is 2.30. The van der Waals surface area contributed by atoms with Crippen molar-refractivity contribution in [2.45, 2.75) is 25.4 Å². The molecule has 0 amide bonds. The van der Waals surface area contributed by atoms with Crippen LogP contribution in [0.1, 0.15) is 29.6 Å². The van der Waals surface area contributed by atoms with Crippen LogP contribution in [0.15, 0.2) is 30.6 Å². The van der Waals surface area contributed by atoms with Crippen LogP contribution >= 0.6 is 0 Å². The third kappa shape index (κ3) is 3.52. The summed E-state index contributed by atoms with van der Waals surface area (Å²) in [5.41, 5.74) is -0.324. The molecule has 1 aliphatic heterocycles. The molecule has 3 rings (SSSR count). The van der Waals surface area contributed by atoms with Gasteiger partial charge in [0.2, 0.25) is 5.95 Å². The molecule has 2 heterocycles. The second-order valence-electron chi connectivity index (χ2n) is 5.67. The molecule has 1 saturated heterocycles. The molecule has 0 radical (unpaired) electrons. The number of halogens is 2. The molecule has 0 spiro atoms. The SMILES string of the molecule is COC(=O)c1ccc(N2CCCC[C@H]2Nc2ncccn2)c(F)c1F. The minimum atomic E-state index is -1.20. The largest absolute Gasteiger partial charge is 0.465 e. The molecule has 0 saturated carbocycles. The molecule has 132 valence electrons. The van der Waals surface area contributed by atoms with Gasteiger partial charge in [0.25, 0.3) is 0 Å². The molecule has 1 atom stereocenters. The first-order chi connectivity index (χ1) is 12.1. The van der Waals surface area contributed by atoms with Gasteiger partial charge in [0.1, 0.15) is 6.17 Å². The fourth-order valence-electron chi connectivity index (χ4n) is 2.92. The summed E-state index contributed by atoms with van der Waals surface area (Å²) in [5, 5.41) is 3.15. The lowest BCUT2D eigenvalue weighted by Crippen LogP contribution is -2.45. The van der Waals surface area contributed by atoms with Gasteiger partial charge >= 0.3 is 5.97 Å². The van der Waals surface area contributed by atoms with E-state index in [4.69, 9.17) is 0 Å². The van der Waals surface area contributed by atoms with E-state index in [0.29, 0.717) is 12.5 Å². The van der Waals surface area contributed by atoms with Gasteiger partial charge in [0.05, 0.1) is 18.4 Å². The van der Waals surface area contributed by atoms with Crippen molar-refractivity contribution in [3.05, 3.63) is 47.8 Å². The summed E-state index contributed by atoms with van der Waals surface area (Å²) in [5.74, 6) is -2.75. The summed E-state index contributed by atoms with van der Waals surface area (Å²) >= 11 is 0. The van der Waals surface area contributed by atoms with Crippen molar-refractivity contribution in [3.8, 4) is 0 Å². The molecule has 1 aromatic heterocycles. The van der Waals surface area contributed by atoms with Crippen molar-refractivity contribution < 1.29 is 18.3 Å². The van der Waals surface area contributed by atoms with Gasteiger partial charge in [0, 0.05) is 18.9 Å². The van der Waals surface area contributed by atoms with E-state index < -0.39 is 23.2 Å². The summed E-state index contributed by atoms with van der Waals surface area (Å²) in [6.07, 6.45) is 5.48. The Morgan fingerprint density at radius 1 is 1.24 bits per heavy atom. The molecule has 1 aliphatic rings. The summed E-state index contributed by atoms with van der Waals surface area (Å²) in [4.78, 5) is 21.5. The van der Waals surface area contributed by atoms with E-state index in [0.717, 1.165) is 26.4 Å². The number of nitrogens with zero attached hydrogens (tertiary/aromatic N) is 3. The topological polar surface area (TPSA) is 67.3 Å². The molecule has 0 bridgehead atoms. The maximum absolute atomic E-state index is 14.6. The first kappa shape index (κ1) is 17.1. The Labute approximate surface area is 143 Å². The quantitative estimate of drug-likeness (QED) is 0.857. The number of hydrogen-bond acceptors (Lipinski definition) is 6. The van der Waals surface area contributed by atoms with Gasteiger partial charge in [-0.05, 0) is 37.5 Å². The maximum Gasteiger partial charge on any atom is 0.340 e. The average molecular weight is 348 g/mol. The van der Waals surface area contributed by atoms with Gasteiger partial charge in [-0.2, -0.15) is 0 Å². The normalized spacial score (nSPS) is 17.2. The first-order valence-electron chi connectivity index (χ1n) is 7.98. The molecule has 2 aromatic rings. The van der Waals surface area contributed by atoms with E-state index in [9.17, 15) is 13.6 Å². The fraction of sp³-hybridized carbons (Fsp3) is 0.353. The Kier molecular flexibility index (Phi) is 5.06. The fourth-order valence-corrected chi connectivity index (χ4v) is 2.92. The number of aromatic nitrogens is 2. The lowest BCUT2D eigenvalue weighted by Gasteiger charge is -2.38. The highest BCUT2D eigenvalue weighted by atomic mass is 19.2. The number of carbonyl (C=O) groups excluding carboxylic acids is 1. The standard InChI is InChI=1S/C17H18F2N4O2/c1-25-16(24)11-6-7-12(15(19)14(11)18)23-10-3-2-5-13(23)22-17-20-8-4-9-21-17/h4,6-9,13H,2-3,5,10H2,1H3,(H,20,21,22)/t13-/m0/s1. The van der Waals surface area contributed by atoms with Gasteiger partial charge < -0.3 is 15.0 Å². The molecule has 25 heavy (non-hydrogen) atoms. The van der Waals surface area contributed by atoms with Crippen molar-refractivity contribution >= 4 is 17.6 Å². The molecule has 0 aliphatic carbocycles. The molecule has 8 heteroatoms. The number of hydrogen-bond donors (Lipinski definition) is 1. The van der Waals surface area contributed by atoms with Crippen molar-refractivity contribution in [2.24, 2.45) is 0 Å². The Morgan fingerprint density at radius 2 is 2.00 bits per heavy atom. The Morgan fingerprint density at radius 3 is 2.72 bits per heavy atom. The van der Waals surface area contributed by atoms with Crippen LogP contribution in [-0.4, -0.2) is 35.8 Å². The van der Waals surface area contributed by atoms with Crippen LogP contribution in [0.4, 0.5) is 20.4 Å². The average Bonchev–Trinajstić information content (AvgIpc) is 2.65. The zero-order chi connectivity index (χ0) is 17.8. The number of benzene rings is 1. The van der Waals surface area contributed by atoms with Crippen molar-refractivity contribution in [1.82, 2.24) is 9.97 Å². The minimum absolute atomic E-state index is 0.0956. The van der Waals surface area contributed by atoms with E-state index in [1.807, 2.05) is 0 Å². The number of ether oxygens (including phenoxy) is 1. The van der Waals surface area contributed by atoms with Crippen LogP contribution in [0.2, 0.25) is 0 Å². The highest BCUT2D eigenvalue weighted by molar-refractivity contribution is 5.90. The van der Waals surface area contributed by atoms with Crippen LogP contribution in [-0.2, 0) is 4.74 Å². The predicted molar refractivity (Wildman–Crippen MR) is 88.3 cm³/mol. The van der Waals surface area contributed by atoms with E-state index >= 15 is 0 Å². The lowest BCUT2D eigenvalue weighted by atomic mass is 10.1. The molecule has 6 nitrogen and oxygen atoms in total. The van der Waals surface area contributed by atoms with Crippen LogP contribution in [0.25, 0.3) is 0 Å². The number of rotatable bonds is 4. The molecule has 0 unspecified atom stereocenters. The molecular weight excluding hydrogens is 330 g/mol. The van der Waals surface area contributed by atoms with Gasteiger partial charge in [-0.1, -0.05) is 0 Å². The van der Waals surface area contributed by atoms with Crippen LogP contribution in [0.5, 0.6) is 0 Å². The third-order valence-electron chi connectivity index (χ3n) is 4.14. The monoisotopic (exact) mass is 348 g/mol. The molecular formula is C17H18F2N4O2. The molecule has 1 aromatic carbocycles. The third-order valence-corrected chi connectivity index (χ3v) is 4.14. The van der Waals surface area contributed by atoms with E-state index in [1.165, 1.54) is 12.1 Å². The Bertz CT molecular complexity index is 758. The van der Waals surface area contributed by atoms with Crippen molar-refractivity contribution in [2.75, 3.05) is 23.9 Å². The Hall–Kier alpha value is -2.77. The molecule has 1 N–H and O–H groups in total. The van der Waals surface area contributed by atoms with Crippen LogP contribution < -0.4 is 10.2 Å². The highest BCUT2D eigenvalue weighted by Gasteiger charge is 2.28. The smallest absolute Gasteiger partial charge is 0.340 e. The van der Waals surface area contributed by atoms with Crippen LogP contribution in [0, 0.1) is 11.6 Å². The molecule has 1 fully saturated rings. The second kappa shape index (κ2) is 7.42. The number of piperidine rings is 1. The summed E-state index contributed by atoms with van der Waals surface area (Å²) in [6.45, 7) is 0.554. The van der Waals surface area contributed by atoms with E-state index in [1.54, 1.807) is 23.4 Å². The zero-order valence-electron chi connectivity index (χ0n) is 13.7.